The van der Waals surface area contributed by atoms with E-state index < -0.39 is 0 Å². The van der Waals surface area contributed by atoms with Crippen LogP contribution in [-0.2, 0) is 0 Å². The molecule has 0 aliphatic rings. The number of hydrogen-bond donors (Lipinski definition) is 1. The molecule has 33 heavy (non-hydrogen) atoms. The third kappa shape index (κ3) is 12.3. The number of halogens is 1. The van der Waals surface area contributed by atoms with Crippen LogP contribution in [0.2, 0.25) is 0 Å². The Morgan fingerprint density at radius 2 is 1.33 bits per heavy atom. The summed E-state index contributed by atoms with van der Waals surface area (Å²) in [6.45, 7) is 1.91. The summed E-state index contributed by atoms with van der Waals surface area (Å²) in [5, 5.41) is 10.2. The van der Waals surface area contributed by atoms with Crippen molar-refractivity contribution in [3.8, 4) is 11.5 Å². The number of hydrogen-bond acceptors (Lipinski definition) is 3. The van der Waals surface area contributed by atoms with Crippen LogP contribution in [0.15, 0.2) is 48.5 Å². The van der Waals surface area contributed by atoms with Gasteiger partial charge in [0.1, 0.15) is 11.5 Å². The van der Waals surface area contributed by atoms with Gasteiger partial charge < -0.3 is 31.3 Å². The van der Waals surface area contributed by atoms with Crippen LogP contribution in [0.1, 0.15) is 80.1 Å². The molecule has 0 saturated heterocycles. The van der Waals surface area contributed by atoms with Gasteiger partial charge in [-0.15, -0.1) is 0 Å². The number of ether oxygens (including phenoxy) is 1. The predicted octanol–water partition coefficient (Wildman–Crippen LogP) is 3.61. The lowest BCUT2D eigenvalue weighted by atomic mass is 10.0. The molecule has 0 radical (unpaired) electrons. The van der Waals surface area contributed by atoms with E-state index in [2.05, 4.69) is 21.1 Å². The Morgan fingerprint density at radius 3 is 1.88 bits per heavy atom. The summed E-state index contributed by atoms with van der Waals surface area (Å²) >= 11 is 0. The second-order valence-electron chi connectivity index (χ2n) is 9.77. The van der Waals surface area contributed by atoms with Crippen LogP contribution in [0.3, 0.4) is 0 Å². The molecule has 184 valence electrons. The summed E-state index contributed by atoms with van der Waals surface area (Å²) in [5.74, 6) is 0.394. The second-order valence-corrected chi connectivity index (χ2v) is 9.77. The summed E-state index contributed by atoms with van der Waals surface area (Å²) in [6.07, 6.45) is 12.9. The van der Waals surface area contributed by atoms with Gasteiger partial charge in [0.25, 0.3) is 0 Å². The van der Waals surface area contributed by atoms with Crippen molar-refractivity contribution in [3.63, 3.8) is 0 Å². The van der Waals surface area contributed by atoms with Crippen molar-refractivity contribution in [2.75, 3.05) is 34.3 Å². The second kappa shape index (κ2) is 15.9. The van der Waals surface area contributed by atoms with Gasteiger partial charge in [0.2, 0.25) is 0 Å². The van der Waals surface area contributed by atoms with Crippen molar-refractivity contribution >= 4 is 5.78 Å². The van der Waals surface area contributed by atoms with Gasteiger partial charge in [0.15, 0.2) is 5.78 Å². The Morgan fingerprint density at radius 1 is 0.788 bits per heavy atom. The minimum Gasteiger partial charge on any atom is -1.00 e. The molecule has 4 nitrogen and oxygen atoms in total. The van der Waals surface area contributed by atoms with E-state index in [0.29, 0.717) is 23.5 Å². The van der Waals surface area contributed by atoms with E-state index in [1.54, 1.807) is 24.3 Å². The van der Waals surface area contributed by atoms with E-state index in [1.165, 1.54) is 70.4 Å². The van der Waals surface area contributed by atoms with Gasteiger partial charge in [-0.25, -0.2) is 0 Å². The first-order valence-electron chi connectivity index (χ1n) is 12.2. The number of quaternary nitrogens is 1. The number of ketones is 1. The summed E-state index contributed by atoms with van der Waals surface area (Å²) < 4.78 is 6.83. The first-order chi connectivity index (χ1) is 15.4. The Bertz CT molecular complexity index is 803. The first kappa shape index (κ1) is 29.2. The maximum absolute atomic E-state index is 12.5. The minimum atomic E-state index is -0.182. The number of nitrogens with zero attached hydrogens (tertiary/aromatic N) is 1. The molecule has 0 bridgehead atoms. The van der Waals surface area contributed by atoms with E-state index in [0.717, 1.165) is 10.9 Å². The van der Waals surface area contributed by atoms with E-state index >= 15 is 0 Å². The summed E-state index contributed by atoms with van der Waals surface area (Å²) in [6, 6.07) is 13.9. The molecule has 1 N–H and O–H groups in total. The molecule has 2 aromatic rings. The monoisotopic (exact) mass is 519 g/mol. The number of carbonyl (C=O) groups is 1. The number of phenols is 1. The highest BCUT2D eigenvalue weighted by Gasteiger charge is 2.14. The highest BCUT2D eigenvalue weighted by Crippen LogP contribution is 2.26. The molecule has 0 fully saturated rings. The topological polar surface area (TPSA) is 46.5 Å². The SMILES string of the molecule is C[N+](C)(C)CCCCCCCCCCCCOc1ccc(C(=O)c2ccccc2)c(O)c1.[Br-]. The Hall–Kier alpha value is -1.85. The van der Waals surface area contributed by atoms with Crippen LogP contribution < -0.4 is 21.7 Å². The molecule has 2 rings (SSSR count). The van der Waals surface area contributed by atoms with E-state index in [-0.39, 0.29) is 28.5 Å². The molecule has 2 aromatic carbocycles. The third-order valence-electron chi connectivity index (χ3n) is 5.74. The van der Waals surface area contributed by atoms with Gasteiger partial charge >= 0.3 is 0 Å². The highest BCUT2D eigenvalue weighted by atomic mass is 79.9. The highest BCUT2D eigenvalue weighted by molar-refractivity contribution is 6.10. The maximum Gasteiger partial charge on any atom is 0.196 e. The zero-order valence-electron chi connectivity index (χ0n) is 20.7. The largest absolute Gasteiger partial charge is 1.00 e. The molecule has 0 aliphatic carbocycles. The lowest BCUT2D eigenvalue weighted by Gasteiger charge is -2.23. The lowest BCUT2D eigenvalue weighted by molar-refractivity contribution is -0.870. The number of aromatic hydroxyl groups is 1. The number of carbonyl (C=O) groups excluding carboxylic acids is 1. The molecule has 0 heterocycles. The molecule has 0 atom stereocenters. The zero-order chi connectivity index (χ0) is 23.2. The Balaban J connectivity index is 0.00000544. The van der Waals surface area contributed by atoms with E-state index in [4.69, 9.17) is 4.74 Å². The van der Waals surface area contributed by atoms with Gasteiger partial charge in [0.05, 0.1) is 39.9 Å². The Kier molecular flexibility index (Phi) is 14.1. The average molecular weight is 521 g/mol. The normalized spacial score (nSPS) is 11.1. The molecule has 0 unspecified atom stereocenters. The molecule has 0 aromatic heterocycles. The molecule has 0 saturated carbocycles. The smallest absolute Gasteiger partial charge is 0.196 e. The number of unbranched alkanes of at least 4 members (excludes halogenated alkanes) is 9. The fourth-order valence-corrected chi connectivity index (χ4v) is 3.83. The quantitative estimate of drug-likeness (QED) is 0.209. The van der Waals surface area contributed by atoms with Crippen LogP contribution in [-0.4, -0.2) is 49.7 Å². The fourth-order valence-electron chi connectivity index (χ4n) is 3.83. The zero-order valence-corrected chi connectivity index (χ0v) is 22.3. The van der Waals surface area contributed by atoms with Crippen molar-refractivity contribution in [3.05, 3.63) is 59.7 Å². The summed E-state index contributed by atoms with van der Waals surface area (Å²) in [4.78, 5) is 12.5. The van der Waals surface area contributed by atoms with Crippen LogP contribution in [0.4, 0.5) is 0 Å². The van der Waals surface area contributed by atoms with Crippen LogP contribution in [0.5, 0.6) is 11.5 Å². The van der Waals surface area contributed by atoms with Crippen molar-refractivity contribution < 1.29 is 36.1 Å². The molecule has 5 heteroatoms. The third-order valence-corrected chi connectivity index (χ3v) is 5.74. The van der Waals surface area contributed by atoms with Crippen molar-refractivity contribution in [2.45, 2.75) is 64.2 Å². The number of benzene rings is 2. The van der Waals surface area contributed by atoms with Gasteiger partial charge in [-0.05, 0) is 31.4 Å². The molecular formula is C28H42BrNO3. The molecule has 0 spiro atoms. The van der Waals surface area contributed by atoms with Crippen LogP contribution in [0, 0.1) is 0 Å². The maximum atomic E-state index is 12.5. The van der Waals surface area contributed by atoms with Crippen molar-refractivity contribution in [2.24, 2.45) is 0 Å². The number of rotatable bonds is 16. The molecule has 0 aliphatic heterocycles. The van der Waals surface area contributed by atoms with Gasteiger partial charge in [-0.3, -0.25) is 4.79 Å². The number of phenolic OH excluding ortho intramolecular Hbond substituents is 1. The standard InChI is InChI=1S/C28H41NO3.BrH/c1-29(2,3)21-15-10-8-6-4-5-7-9-11-16-22-32-25-19-20-26(27(30)23-25)28(31)24-17-13-12-14-18-24;/h12-14,17-20,23H,4-11,15-16,21-22H2,1-3H3;1H. The molecular weight excluding hydrogens is 478 g/mol. The first-order valence-corrected chi connectivity index (χ1v) is 12.2. The van der Waals surface area contributed by atoms with E-state index in [9.17, 15) is 9.90 Å². The minimum absolute atomic E-state index is 0. The van der Waals surface area contributed by atoms with Gasteiger partial charge in [0, 0.05) is 11.6 Å². The Labute approximate surface area is 211 Å². The molecule has 0 amide bonds. The summed E-state index contributed by atoms with van der Waals surface area (Å²) in [7, 11) is 6.79. The van der Waals surface area contributed by atoms with Gasteiger partial charge in [-0.2, -0.15) is 0 Å². The average Bonchev–Trinajstić information content (AvgIpc) is 2.76. The summed E-state index contributed by atoms with van der Waals surface area (Å²) in [5.41, 5.74) is 0.869. The van der Waals surface area contributed by atoms with Crippen molar-refractivity contribution in [1.82, 2.24) is 0 Å². The van der Waals surface area contributed by atoms with Crippen LogP contribution >= 0.6 is 0 Å². The van der Waals surface area contributed by atoms with Crippen LogP contribution in [0.25, 0.3) is 0 Å². The lowest BCUT2D eigenvalue weighted by Crippen LogP contribution is -3.00. The predicted molar refractivity (Wildman–Crippen MR) is 133 cm³/mol. The van der Waals surface area contributed by atoms with E-state index in [1.807, 2.05) is 18.2 Å². The fraction of sp³-hybridized carbons (Fsp3) is 0.536. The van der Waals surface area contributed by atoms with Gasteiger partial charge in [-0.1, -0.05) is 75.3 Å². The van der Waals surface area contributed by atoms with Crippen molar-refractivity contribution in [1.29, 1.82) is 0 Å².